The van der Waals surface area contributed by atoms with Crippen LogP contribution in [-0.4, -0.2) is 193 Å². The molecule has 0 aromatic heterocycles. The Morgan fingerprint density at radius 3 is 1.45 bits per heavy atom. The van der Waals surface area contributed by atoms with E-state index in [2.05, 4.69) is 55.6 Å². The van der Waals surface area contributed by atoms with Crippen molar-refractivity contribution in [2.45, 2.75) is 272 Å². The second-order valence-electron chi connectivity index (χ2n) is 20.4. The molecule has 3 heterocycles. The third-order valence-corrected chi connectivity index (χ3v) is 14.1. The monoisotopic (exact) mass is 1070 g/mol. The zero-order chi connectivity index (χ0) is 54.8. The predicted octanol–water partition coefficient (Wildman–Crippen LogP) is 3.92. The summed E-state index contributed by atoms with van der Waals surface area (Å²) in [4.78, 5) is 13.3. The summed E-state index contributed by atoms with van der Waals surface area (Å²) >= 11 is 0. The summed E-state index contributed by atoms with van der Waals surface area (Å²) in [5.74, 6) is -0.303. The lowest BCUT2D eigenvalue weighted by Crippen LogP contribution is -2.66. The van der Waals surface area contributed by atoms with E-state index in [9.17, 15) is 61.0 Å². The minimum Gasteiger partial charge on any atom is -0.394 e. The molecule has 12 N–H and O–H groups in total. The van der Waals surface area contributed by atoms with Crippen LogP contribution in [0.3, 0.4) is 0 Å². The molecule has 1 amide bonds. The molecule has 75 heavy (non-hydrogen) atoms. The fourth-order valence-corrected chi connectivity index (χ4v) is 9.34. The Balaban J connectivity index is 1.55. The highest BCUT2D eigenvalue weighted by Gasteiger charge is 2.53. The fraction of sp³-hybridized carbons (Fsp3) is 0.839. The Bertz CT molecular complexity index is 1570. The summed E-state index contributed by atoms with van der Waals surface area (Å²) in [7, 11) is 0. The molecule has 3 saturated heterocycles. The summed E-state index contributed by atoms with van der Waals surface area (Å²) in [6, 6.07) is -0.996. The van der Waals surface area contributed by atoms with Crippen LogP contribution in [0.2, 0.25) is 0 Å². The molecule has 17 unspecified atom stereocenters. The molecular formula is C56H99NO18. The Hall–Kier alpha value is -2.25. The molecule has 0 spiro atoms. The lowest BCUT2D eigenvalue weighted by molar-refractivity contribution is -0.379. The molecule has 19 heteroatoms. The Morgan fingerprint density at radius 2 is 0.907 bits per heavy atom. The highest BCUT2D eigenvalue weighted by Crippen LogP contribution is 2.33. The SMILES string of the molecule is CCCC/C=C\C/C=C\CCCCCCCC(=O)NC(COC1OC(CO)C(OC2OC(CO)C(OC3OC(CO)C(O)C(O)C3O)C(O)C2O)C(O)C1O)C(O)/C=C/CC/C=C/CCCCCCCCCCCC. The maximum atomic E-state index is 13.3. The topological polar surface area (TPSA) is 307 Å². The summed E-state index contributed by atoms with van der Waals surface area (Å²) in [5, 5.41) is 120. The van der Waals surface area contributed by atoms with Gasteiger partial charge in [0.2, 0.25) is 5.91 Å². The molecule has 3 aliphatic heterocycles. The largest absolute Gasteiger partial charge is 0.394 e. The number of carbonyl (C=O) groups excluding carboxylic acids is 1. The molecule has 17 atom stereocenters. The van der Waals surface area contributed by atoms with Gasteiger partial charge in [-0.25, -0.2) is 0 Å². The van der Waals surface area contributed by atoms with Gasteiger partial charge in [0, 0.05) is 6.42 Å². The van der Waals surface area contributed by atoms with Crippen molar-refractivity contribution in [3.05, 3.63) is 48.6 Å². The molecule has 0 bridgehead atoms. The second-order valence-corrected chi connectivity index (χ2v) is 20.4. The number of rotatable bonds is 40. The Morgan fingerprint density at radius 1 is 0.480 bits per heavy atom. The van der Waals surface area contributed by atoms with Gasteiger partial charge in [-0.05, 0) is 57.8 Å². The van der Waals surface area contributed by atoms with Crippen LogP contribution in [0.25, 0.3) is 0 Å². The lowest BCUT2D eigenvalue weighted by atomic mass is 9.96. The summed E-state index contributed by atoms with van der Waals surface area (Å²) in [5.41, 5.74) is 0. The highest BCUT2D eigenvalue weighted by atomic mass is 16.8. The van der Waals surface area contributed by atoms with Gasteiger partial charge in [0.05, 0.1) is 38.6 Å². The molecule has 0 aromatic rings. The van der Waals surface area contributed by atoms with Gasteiger partial charge < -0.3 is 89.9 Å². The van der Waals surface area contributed by atoms with Crippen LogP contribution in [0.15, 0.2) is 48.6 Å². The smallest absolute Gasteiger partial charge is 0.220 e. The minimum atomic E-state index is -1.98. The van der Waals surface area contributed by atoms with E-state index in [-0.39, 0.29) is 18.9 Å². The number of aliphatic hydroxyl groups excluding tert-OH is 11. The third-order valence-electron chi connectivity index (χ3n) is 14.1. The second kappa shape index (κ2) is 40.0. The normalized spacial score (nSPS) is 31.6. The number of allylic oxidation sites excluding steroid dienone is 7. The summed E-state index contributed by atoms with van der Waals surface area (Å²) < 4.78 is 34.1. The lowest BCUT2D eigenvalue weighted by Gasteiger charge is -2.48. The maximum Gasteiger partial charge on any atom is 0.220 e. The number of amides is 1. The van der Waals surface area contributed by atoms with Gasteiger partial charge in [-0.1, -0.05) is 152 Å². The van der Waals surface area contributed by atoms with E-state index in [0.29, 0.717) is 12.8 Å². The summed E-state index contributed by atoms with van der Waals surface area (Å²) in [6.45, 7) is 1.62. The standard InChI is InChI=1S/C56H99NO18/c1-3-5-7-9-11-13-15-17-19-20-21-23-25-27-29-31-33-40(61)39(57-44(62)34-32-30-28-26-24-22-18-16-14-12-10-8-6-4-2)38-70-54-50(68)47(65)52(42(36-59)72-54)75-56-51(69)48(66)53(43(37-60)73-56)74-55-49(67)46(64)45(63)41(35-58)71-55/h10,12,16,18,23,25,31,33,39-43,45-56,58-61,63-69H,3-9,11,13-15,17,19-22,24,26-30,32,34-38H2,1-2H3,(H,57,62)/b12-10-,18-16-,25-23+,33-31+. The van der Waals surface area contributed by atoms with Crippen LogP contribution in [-0.2, 0) is 33.2 Å². The van der Waals surface area contributed by atoms with Crippen molar-refractivity contribution in [3.8, 4) is 0 Å². The van der Waals surface area contributed by atoms with Gasteiger partial charge in [0.1, 0.15) is 73.2 Å². The molecule has 436 valence electrons. The van der Waals surface area contributed by atoms with Crippen molar-refractivity contribution in [3.63, 3.8) is 0 Å². The van der Waals surface area contributed by atoms with Gasteiger partial charge in [0.25, 0.3) is 0 Å². The number of carbonyl (C=O) groups is 1. The van der Waals surface area contributed by atoms with Gasteiger partial charge in [-0.15, -0.1) is 0 Å². The van der Waals surface area contributed by atoms with Crippen molar-refractivity contribution in [1.82, 2.24) is 5.32 Å². The quantitative estimate of drug-likeness (QED) is 0.0306. The number of hydrogen-bond donors (Lipinski definition) is 12. The number of ether oxygens (including phenoxy) is 6. The number of nitrogens with one attached hydrogen (secondary N) is 1. The zero-order valence-electron chi connectivity index (χ0n) is 45.0. The third kappa shape index (κ3) is 24.8. The van der Waals surface area contributed by atoms with E-state index in [1.807, 2.05) is 6.08 Å². The molecule has 19 nitrogen and oxygen atoms in total. The molecule has 0 aliphatic carbocycles. The van der Waals surface area contributed by atoms with Gasteiger partial charge in [-0.2, -0.15) is 0 Å². The van der Waals surface area contributed by atoms with Crippen LogP contribution in [0.5, 0.6) is 0 Å². The van der Waals surface area contributed by atoms with Crippen LogP contribution < -0.4 is 5.32 Å². The molecule has 0 aromatic carbocycles. The van der Waals surface area contributed by atoms with E-state index >= 15 is 0 Å². The first-order valence-corrected chi connectivity index (χ1v) is 28.4. The maximum absolute atomic E-state index is 13.3. The molecular weight excluding hydrogens is 975 g/mol. The molecule has 0 saturated carbocycles. The van der Waals surface area contributed by atoms with Crippen molar-refractivity contribution in [2.24, 2.45) is 0 Å². The van der Waals surface area contributed by atoms with E-state index < -0.39 is 124 Å². The van der Waals surface area contributed by atoms with Crippen LogP contribution in [0.4, 0.5) is 0 Å². The Labute approximate surface area is 446 Å². The predicted molar refractivity (Wildman–Crippen MR) is 282 cm³/mol. The van der Waals surface area contributed by atoms with Crippen LogP contribution in [0.1, 0.15) is 168 Å². The van der Waals surface area contributed by atoms with Crippen LogP contribution >= 0.6 is 0 Å². The summed E-state index contributed by atoms with van der Waals surface area (Å²) in [6.07, 6.45) is 15.3. The molecule has 3 rings (SSSR count). The number of aliphatic hydroxyl groups is 11. The van der Waals surface area contributed by atoms with Gasteiger partial charge >= 0.3 is 0 Å². The first kappa shape index (κ1) is 67.0. The number of hydrogen-bond acceptors (Lipinski definition) is 18. The van der Waals surface area contributed by atoms with Gasteiger partial charge in [-0.3, -0.25) is 4.79 Å². The van der Waals surface area contributed by atoms with Gasteiger partial charge in [0.15, 0.2) is 18.9 Å². The van der Waals surface area contributed by atoms with Crippen molar-refractivity contribution >= 4 is 5.91 Å². The van der Waals surface area contributed by atoms with E-state index in [1.165, 1.54) is 70.6 Å². The van der Waals surface area contributed by atoms with Crippen LogP contribution in [0, 0.1) is 0 Å². The zero-order valence-corrected chi connectivity index (χ0v) is 45.0. The molecule has 3 aliphatic rings. The Kier molecular flexibility index (Phi) is 35.8. The number of unbranched alkanes of at least 4 members (excludes halogenated alkanes) is 18. The average Bonchev–Trinajstić information content (AvgIpc) is 3.41. The van der Waals surface area contributed by atoms with E-state index in [0.717, 1.165) is 64.2 Å². The fourth-order valence-electron chi connectivity index (χ4n) is 9.34. The van der Waals surface area contributed by atoms with Crippen molar-refractivity contribution < 1.29 is 89.4 Å². The first-order valence-electron chi connectivity index (χ1n) is 28.4. The van der Waals surface area contributed by atoms with E-state index in [4.69, 9.17) is 28.4 Å². The minimum absolute atomic E-state index is 0.218. The average molecular weight is 1070 g/mol. The first-order chi connectivity index (χ1) is 36.3. The molecule has 3 fully saturated rings. The highest BCUT2D eigenvalue weighted by molar-refractivity contribution is 5.76. The molecule has 0 radical (unpaired) electrons. The van der Waals surface area contributed by atoms with E-state index in [1.54, 1.807) is 6.08 Å². The van der Waals surface area contributed by atoms with Crippen molar-refractivity contribution in [1.29, 1.82) is 0 Å². The van der Waals surface area contributed by atoms with Crippen molar-refractivity contribution in [2.75, 3.05) is 26.4 Å².